The third-order valence-corrected chi connectivity index (χ3v) is 6.43. The molecule has 0 unspecified atom stereocenters. The summed E-state index contributed by atoms with van der Waals surface area (Å²) in [6, 6.07) is 6.94. The van der Waals surface area contributed by atoms with Crippen molar-refractivity contribution in [1.29, 1.82) is 0 Å². The maximum absolute atomic E-state index is 12.3. The van der Waals surface area contributed by atoms with E-state index in [1.54, 1.807) is 23.5 Å². The molecule has 4 nitrogen and oxygen atoms in total. The highest BCUT2D eigenvalue weighted by atomic mass is 32.2. The number of rotatable bonds is 4. The maximum Gasteiger partial charge on any atom is 0.240 e. The van der Waals surface area contributed by atoms with Crippen molar-refractivity contribution < 1.29 is 8.42 Å². The Hall–Kier alpha value is -1.37. The van der Waals surface area contributed by atoms with Crippen LogP contribution in [0.2, 0.25) is 0 Å². The highest BCUT2D eigenvalue weighted by Gasteiger charge is 2.18. The number of nitrogens with two attached hydrogens (primary N) is 1. The monoisotopic (exact) mass is 322 g/mol. The Kier molecular flexibility index (Phi) is 3.77. The van der Waals surface area contributed by atoms with Crippen molar-refractivity contribution in [2.24, 2.45) is 0 Å². The number of hydrogen-bond donors (Lipinski definition) is 2. The molecule has 0 atom stereocenters. The van der Waals surface area contributed by atoms with Crippen LogP contribution in [-0.2, 0) is 29.4 Å². The van der Waals surface area contributed by atoms with Gasteiger partial charge in [-0.3, -0.25) is 0 Å². The SMILES string of the molecule is Cc1ccc(S(=O)(=O)NCc2cc3c(s2)CCC3)cc1N. The fourth-order valence-corrected chi connectivity index (χ4v) is 4.85. The molecule has 0 amide bonds. The average molecular weight is 322 g/mol. The Morgan fingerprint density at radius 2 is 2.10 bits per heavy atom. The largest absolute Gasteiger partial charge is 0.398 e. The fraction of sp³-hybridized carbons (Fsp3) is 0.333. The molecule has 0 saturated heterocycles. The van der Waals surface area contributed by atoms with Crippen LogP contribution in [-0.4, -0.2) is 8.42 Å². The van der Waals surface area contributed by atoms with Crippen molar-refractivity contribution in [1.82, 2.24) is 4.72 Å². The van der Waals surface area contributed by atoms with Gasteiger partial charge >= 0.3 is 0 Å². The van der Waals surface area contributed by atoms with Gasteiger partial charge in [0.2, 0.25) is 10.0 Å². The first kappa shape index (κ1) is 14.6. The minimum absolute atomic E-state index is 0.217. The van der Waals surface area contributed by atoms with E-state index in [4.69, 9.17) is 5.73 Å². The summed E-state index contributed by atoms with van der Waals surface area (Å²) >= 11 is 1.71. The van der Waals surface area contributed by atoms with Gasteiger partial charge in [-0.05, 0) is 55.5 Å². The number of sulfonamides is 1. The number of benzene rings is 1. The zero-order chi connectivity index (χ0) is 15.0. The second kappa shape index (κ2) is 5.44. The van der Waals surface area contributed by atoms with E-state index >= 15 is 0 Å². The van der Waals surface area contributed by atoms with E-state index in [9.17, 15) is 8.42 Å². The Balaban J connectivity index is 1.74. The minimum Gasteiger partial charge on any atom is -0.398 e. The van der Waals surface area contributed by atoms with Crippen LogP contribution in [0.3, 0.4) is 0 Å². The molecule has 1 heterocycles. The lowest BCUT2D eigenvalue weighted by molar-refractivity contribution is 0.582. The first-order valence-corrected chi connectivity index (χ1v) is 9.22. The van der Waals surface area contributed by atoms with Crippen LogP contribution in [0, 0.1) is 6.92 Å². The molecule has 6 heteroatoms. The summed E-state index contributed by atoms with van der Waals surface area (Å²) in [6.07, 6.45) is 3.46. The lowest BCUT2D eigenvalue weighted by atomic mass is 10.2. The van der Waals surface area contributed by atoms with Gasteiger partial charge in [0.25, 0.3) is 0 Å². The Morgan fingerprint density at radius 1 is 1.29 bits per heavy atom. The third kappa shape index (κ3) is 2.97. The van der Waals surface area contributed by atoms with Crippen molar-refractivity contribution in [3.8, 4) is 0 Å². The topological polar surface area (TPSA) is 72.2 Å². The summed E-state index contributed by atoms with van der Waals surface area (Å²) < 4.78 is 27.2. The van der Waals surface area contributed by atoms with Crippen LogP contribution in [0.5, 0.6) is 0 Å². The van der Waals surface area contributed by atoms with E-state index in [0.717, 1.165) is 23.3 Å². The lowest BCUT2D eigenvalue weighted by Gasteiger charge is -2.08. The van der Waals surface area contributed by atoms with Gasteiger partial charge in [-0.25, -0.2) is 13.1 Å². The molecule has 21 heavy (non-hydrogen) atoms. The van der Waals surface area contributed by atoms with Crippen LogP contribution in [0.1, 0.15) is 27.3 Å². The molecule has 0 spiro atoms. The Bertz CT molecular complexity index is 757. The molecular formula is C15H18N2O2S2. The molecule has 1 aromatic heterocycles. The first-order valence-electron chi connectivity index (χ1n) is 6.92. The van der Waals surface area contributed by atoms with E-state index in [1.165, 1.54) is 22.9 Å². The third-order valence-electron chi connectivity index (χ3n) is 3.80. The molecule has 0 saturated carbocycles. The van der Waals surface area contributed by atoms with Gasteiger partial charge < -0.3 is 5.73 Å². The number of nitrogens with one attached hydrogen (secondary N) is 1. The van der Waals surface area contributed by atoms with E-state index in [2.05, 4.69) is 10.8 Å². The van der Waals surface area contributed by atoms with E-state index < -0.39 is 10.0 Å². The summed E-state index contributed by atoms with van der Waals surface area (Å²) in [5, 5.41) is 0. The van der Waals surface area contributed by atoms with Gasteiger partial charge in [-0.2, -0.15) is 0 Å². The lowest BCUT2D eigenvalue weighted by Crippen LogP contribution is -2.23. The van der Waals surface area contributed by atoms with Gasteiger partial charge in [0, 0.05) is 22.0 Å². The van der Waals surface area contributed by atoms with Gasteiger partial charge in [0.05, 0.1) is 4.90 Å². The predicted octanol–water partition coefficient (Wildman–Crippen LogP) is 2.61. The average Bonchev–Trinajstić information content (AvgIpc) is 3.00. The van der Waals surface area contributed by atoms with Gasteiger partial charge in [-0.15, -0.1) is 11.3 Å². The van der Waals surface area contributed by atoms with E-state index in [0.29, 0.717) is 12.2 Å². The number of nitrogen functional groups attached to an aromatic ring is 1. The normalized spacial score (nSPS) is 14.3. The zero-order valence-corrected chi connectivity index (χ0v) is 13.5. The molecule has 0 bridgehead atoms. The van der Waals surface area contributed by atoms with Crippen molar-refractivity contribution in [2.45, 2.75) is 37.6 Å². The van der Waals surface area contributed by atoms with Crippen molar-refractivity contribution >= 4 is 27.0 Å². The summed E-state index contributed by atoms with van der Waals surface area (Å²) in [4.78, 5) is 2.70. The first-order chi connectivity index (χ1) is 9.95. The zero-order valence-electron chi connectivity index (χ0n) is 11.8. The molecule has 1 aromatic carbocycles. The predicted molar refractivity (Wildman–Crippen MR) is 86.0 cm³/mol. The Labute approximate surface area is 129 Å². The molecule has 2 aromatic rings. The van der Waals surface area contributed by atoms with E-state index in [1.807, 2.05) is 6.92 Å². The Morgan fingerprint density at radius 3 is 2.81 bits per heavy atom. The molecule has 0 radical (unpaired) electrons. The standard InChI is InChI=1S/C15H18N2O2S2/c1-10-5-6-13(8-14(10)16)21(18,19)17-9-12-7-11-3-2-4-15(11)20-12/h5-8,17H,2-4,9,16H2,1H3. The molecule has 0 fully saturated rings. The molecule has 1 aliphatic rings. The van der Waals surface area contributed by atoms with E-state index in [-0.39, 0.29) is 4.90 Å². The van der Waals surface area contributed by atoms with Gasteiger partial charge in [-0.1, -0.05) is 6.07 Å². The van der Waals surface area contributed by atoms with Crippen LogP contribution in [0.15, 0.2) is 29.2 Å². The smallest absolute Gasteiger partial charge is 0.240 e. The summed E-state index contributed by atoms with van der Waals surface area (Å²) in [6.45, 7) is 2.19. The van der Waals surface area contributed by atoms with Crippen LogP contribution in [0.25, 0.3) is 0 Å². The second-order valence-electron chi connectivity index (χ2n) is 5.36. The molecule has 112 valence electrons. The van der Waals surface area contributed by atoms with Gasteiger partial charge in [0.15, 0.2) is 0 Å². The minimum atomic E-state index is -3.51. The number of hydrogen-bond acceptors (Lipinski definition) is 4. The molecule has 3 N–H and O–H groups in total. The maximum atomic E-state index is 12.3. The number of fused-ring (bicyclic) bond motifs is 1. The van der Waals surface area contributed by atoms with Gasteiger partial charge in [0.1, 0.15) is 0 Å². The molecular weight excluding hydrogens is 304 g/mol. The number of thiophene rings is 1. The van der Waals surface area contributed by atoms with Crippen molar-refractivity contribution in [3.05, 3.63) is 45.1 Å². The quantitative estimate of drug-likeness (QED) is 0.850. The van der Waals surface area contributed by atoms with Crippen LogP contribution in [0.4, 0.5) is 5.69 Å². The number of aryl methyl sites for hydroxylation is 3. The molecule has 1 aliphatic carbocycles. The second-order valence-corrected chi connectivity index (χ2v) is 8.35. The molecule has 0 aliphatic heterocycles. The summed E-state index contributed by atoms with van der Waals surface area (Å²) in [5.74, 6) is 0. The van der Waals surface area contributed by atoms with Crippen molar-refractivity contribution in [3.63, 3.8) is 0 Å². The van der Waals surface area contributed by atoms with Crippen LogP contribution >= 0.6 is 11.3 Å². The number of anilines is 1. The van der Waals surface area contributed by atoms with Crippen LogP contribution < -0.4 is 10.5 Å². The summed E-state index contributed by atoms with van der Waals surface area (Å²) in [5.41, 5.74) is 8.54. The van der Waals surface area contributed by atoms with Crippen molar-refractivity contribution in [2.75, 3.05) is 5.73 Å². The molecule has 3 rings (SSSR count). The highest BCUT2D eigenvalue weighted by molar-refractivity contribution is 7.89. The fourth-order valence-electron chi connectivity index (χ4n) is 2.51. The highest BCUT2D eigenvalue weighted by Crippen LogP contribution is 2.30. The summed E-state index contributed by atoms with van der Waals surface area (Å²) in [7, 11) is -3.51.